The molecule has 0 spiro atoms. The van der Waals surface area contributed by atoms with Crippen LogP contribution in [0.25, 0.3) is 0 Å². The first-order chi connectivity index (χ1) is 8.16. The molecule has 2 nitrogen and oxygen atoms in total. The van der Waals surface area contributed by atoms with Crippen LogP contribution >= 0.6 is 15.9 Å². The summed E-state index contributed by atoms with van der Waals surface area (Å²) in [5, 5.41) is 0. The van der Waals surface area contributed by atoms with Gasteiger partial charge in [-0.1, -0.05) is 0 Å². The average Bonchev–Trinajstić information content (AvgIpc) is 2.30. The maximum Gasteiger partial charge on any atom is 0.152 e. The Hall–Kier alpha value is -1.49. The number of pyridine rings is 1. The van der Waals surface area contributed by atoms with Crippen LogP contribution in [0.1, 0.15) is 5.56 Å². The van der Waals surface area contributed by atoms with E-state index in [1.807, 2.05) is 0 Å². The molecule has 1 heterocycles. The molecule has 1 aromatic carbocycles. The maximum atomic E-state index is 13.3. The lowest BCUT2D eigenvalue weighted by Gasteiger charge is -2.08. The molecular formula is C12H8BrF2NO. The summed E-state index contributed by atoms with van der Waals surface area (Å²) in [5.41, 5.74) is 0.294. The van der Waals surface area contributed by atoms with Crippen LogP contribution in [-0.4, -0.2) is 4.98 Å². The van der Waals surface area contributed by atoms with Crippen LogP contribution in [0.3, 0.4) is 0 Å². The Morgan fingerprint density at radius 1 is 1.24 bits per heavy atom. The zero-order valence-electron chi connectivity index (χ0n) is 8.66. The Labute approximate surface area is 105 Å². The van der Waals surface area contributed by atoms with Crippen LogP contribution < -0.4 is 4.74 Å². The molecule has 0 aliphatic carbocycles. The van der Waals surface area contributed by atoms with Gasteiger partial charge in [-0.2, -0.15) is 0 Å². The van der Waals surface area contributed by atoms with Gasteiger partial charge in [0, 0.05) is 17.8 Å². The van der Waals surface area contributed by atoms with Gasteiger partial charge in [0.05, 0.1) is 0 Å². The second-order valence-corrected chi connectivity index (χ2v) is 4.07. The van der Waals surface area contributed by atoms with Crippen molar-refractivity contribution in [2.45, 2.75) is 6.61 Å². The molecule has 88 valence electrons. The largest absolute Gasteiger partial charge is 0.486 e. The fourth-order valence-electron chi connectivity index (χ4n) is 1.27. The summed E-state index contributed by atoms with van der Waals surface area (Å²) in [4.78, 5) is 3.97. The van der Waals surface area contributed by atoms with Gasteiger partial charge in [-0.05, 0) is 40.2 Å². The van der Waals surface area contributed by atoms with Crippen LogP contribution in [-0.2, 0) is 6.61 Å². The van der Waals surface area contributed by atoms with Crippen molar-refractivity contribution < 1.29 is 13.5 Å². The summed E-state index contributed by atoms with van der Waals surface area (Å²) in [6.45, 7) is 0.0242. The standard InChI is InChI=1S/C12H8BrF2NO/c13-12-11(2-1-5-16-12)17-7-8-3-4-9(14)6-10(8)15/h1-6H,7H2. The van der Waals surface area contributed by atoms with Gasteiger partial charge in [-0.25, -0.2) is 13.8 Å². The predicted molar refractivity (Wildman–Crippen MR) is 62.6 cm³/mol. The number of aromatic nitrogens is 1. The lowest BCUT2D eigenvalue weighted by atomic mass is 10.2. The molecule has 0 atom stereocenters. The number of nitrogens with zero attached hydrogens (tertiary/aromatic N) is 1. The highest BCUT2D eigenvalue weighted by molar-refractivity contribution is 9.10. The zero-order chi connectivity index (χ0) is 12.3. The molecule has 0 saturated carbocycles. The Balaban J connectivity index is 2.10. The van der Waals surface area contributed by atoms with Gasteiger partial charge >= 0.3 is 0 Å². The third kappa shape index (κ3) is 3.00. The van der Waals surface area contributed by atoms with E-state index < -0.39 is 11.6 Å². The number of halogens is 3. The first-order valence-electron chi connectivity index (χ1n) is 4.84. The molecule has 0 N–H and O–H groups in total. The van der Waals surface area contributed by atoms with Crippen LogP contribution in [0.5, 0.6) is 5.75 Å². The minimum atomic E-state index is -0.620. The average molecular weight is 300 g/mol. The summed E-state index contributed by atoms with van der Waals surface area (Å²) >= 11 is 3.21. The molecule has 0 saturated heterocycles. The molecule has 0 radical (unpaired) electrons. The van der Waals surface area contributed by atoms with Crippen LogP contribution in [0.4, 0.5) is 8.78 Å². The van der Waals surface area contributed by atoms with Crippen LogP contribution in [0, 0.1) is 11.6 Å². The molecule has 2 aromatic rings. The van der Waals surface area contributed by atoms with E-state index >= 15 is 0 Å². The zero-order valence-corrected chi connectivity index (χ0v) is 10.2. The highest BCUT2D eigenvalue weighted by Crippen LogP contribution is 2.22. The minimum absolute atomic E-state index is 0.0242. The highest BCUT2D eigenvalue weighted by Gasteiger charge is 2.06. The summed E-state index contributed by atoms with van der Waals surface area (Å²) in [5.74, 6) is -0.713. The molecule has 0 unspecified atom stereocenters. The normalized spacial score (nSPS) is 10.3. The van der Waals surface area contributed by atoms with Gasteiger partial charge in [0.2, 0.25) is 0 Å². The molecular weight excluding hydrogens is 292 g/mol. The second kappa shape index (κ2) is 5.23. The van der Waals surface area contributed by atoms with Crippen molar-refractivity contribution in [3.8, 4) is 5.75 Å². The molecule has 0 aliphatic rings. The third-order valence-corrected chi connectivity index (χ3v) is 2.72. The number of rotatable bonds is 3. The van der Waals surface area contributed by atoms with Crippen molar-refractivity contribution >= 4 is 15.9 Å². The first kappa shape index (κ1) is 12.0. The van der Waals surface area contributed by atoms with Gasteiger partial charge in [-0.15, -0.1) is 0 Å². The number of benzene rings is 1. The Morgan fingerprint density at radius 2 is 2.06 bits per heavy atom. The van der Waals surface area contributed by atoms with E-state index in [1.54, 1.807) is 18.3 Å². The number of hydrogen-bond donors (Lipinski definition) is 0. The fourth-order valence-corrected chi connectivity index (χ4v) is 1.64. The topological polar surface area (TPSA) is 22.1 Å². The maximum absolute atomic E-state index is 13.3. The molecule has 0 amide bonds. The van der Waals surface area contributed by atoms with Gasteiger partial charge < -0.3 is 4.74 Å². The summed E-state index contributed by atoms with van der Waals surface area (Å²) in [7, 11) is 0. The van der Waals surface area contributed by atoms with E-state index in [-0.39, 0.29) is 6.61 Å². The van der Waals surface area contributed by atoms with E-state index in [9.17, 15) is 8.78 Å². The second-order valence-electron chi connectivity index (χ2n) is 3.32. The van der Waals surface area contributed by atoms with Crippen molar-refractivity contribution in [1.29, 1.82) is 0 Å². The molecule has 0 aliphatic heterocycles. The summed E-state index contributed by atoms with van der Waals surface area (Å²) in [6.07, 6.45) is 1.61. The smallest absolute Gasteiger partial charge is 0.152 e. The number of ether oxygens (including phenoxy) is 1. The Bertz CT molecular complexity index is 534. The van der Waals surface area contributed by atoms with Gasteiger partial charge in [0.25, 0.3) is 0 Å². The van der Waals surface area contributed by atoms with E-state index in [4.69, 9.17) is 4.74 Å². The first-order valence-corrected chi connectivity index (χ1v) is 5.63. The molecule has 5 heteroatoms. The predicted octanol–water partition coefficient (Wildman–Crippen LogP) is 3.70. The van der Waals surface area contributed by atoms with Crippen molar-refractivity contribution in [1.82, 2.24) is 4.98 Å². The highest BCUT2D eigenvalue weighted by atomic mass is 79.9. The fraction of sp³-hybridized carbons (Fsp3) is 0.0833. The molecule has 17 heavy (non-hydrogen) atoms. The minimum Gasteiger partial charge on any atom is -0.486 e. The van der Waals surface area contributed by atoms with E-state index in [0.29, 0.717) is 15.9 Å². The van der Waals surface area contributed by atoms with Gasteiger partial charge in [0.1, 0.15) is 22.8 Å². The monoisotopic (exact) mass is 299 g/mol. The lowest BCUT2D eigenvalue weighted by Crippen LogP contribution is -1.99. The van der Waals surface area contributed by atoms with Crippen molar-refractivity contribution in [2.24, 2.45) is 0 Å². The van der Waals surface area contributed by atoms with Crippen LogP contribution in [0.15, 0.2) is 41.1 Å². The van der Waals surface area contributed by atoms with Gasteiger partial charge in [0.15, 0.2) is 5.75 Å². The molecule has 0 fully saturated rings. The Kier molecular flexibility index (Phi) is 3.68. The molecule has 1 aromatic heterocycles. The number of hydrogen-bond acceptors (Lipinski definition) is 2. The Morgan fingerprint density at radius 3 is 2.76 bits per heavy atom. The SMILES string of the molecule is Fc1ccc(COc2cccnc2Br)c(F)c1. The van der Waals surface area contributed by atoms with Crippen molar-refractivity contribution in [3.63, 3.8) is 0 Å². The molecule has 0 bridgehead atoms. The summed E-state index contributed by atoms with van der Waals surface area (Å²) in [6, 6.07) is 6.80. The van der Waals surface area contributed by atoms with Crippen molar-refractivity contribution in [2.75, 3.05) is 0 Å². The van der Waals surface area contributed by atoms with E-state index in [1.165, 1.54) is 12.1 Å². The van der Waals surface area contributed by atoms with Crippen molar-refractivity contribution in [3.05, 3.63) is 58.3 Å². The van der Waals surface area contributed by atoms with E-state index in [2.05, 4.69) is 20.9 Å². The van der Waals surface area contributed by atoms with E-state index in [0.717, 1.165) is 6.07 Å². The lowest BCUT2D eigenvalue weighted by molar-refractivity contribution is 0.296. The molecule has 2 rings (SSSR count). The third-order valence-electron chi connectivity index (χ3n) is 2.12. The van der Waals surface area contributed by atoms with Crippen LogP contribution in [0.2, 0.25) is 0 Å². The van der Waals surface area contributed by atoms with Gasteiger partial charge in [-0.3, -0.25) is 0 Å². The quantitative estimate of drug-likeness (QED) is 0.806. The summed E-state index contributed by atoms with van der Waals surface area (Å²) < 4.78 is 31.9.